The Labute approximate surface area is 214 Å². The molecule has 3 heterocycles. The molecule has 1 aliphatic rings. The predicted octanol–water partition coefficient (Wildman–Crippen LogP) is 5.17. The van der Waals surface area contributed by atoms with E-state index in [1.165, 1.54) is 16.0 Å². The molecule has 9 heteroatoms. The monoisotopic (exact) mass is 507 g/mol. The lowest BCUT2D eigenvalue weighted by atomic mass is 9.97. The number of carbonyl (C=O) groups excluding carboxylic acids is 2. The molecule has 7 nitrogen and oxygen atoms in total. The van der Waals surface area contributed by atoms with Crippen LogP contribution in [0.5, 0.6) is 0 Å². The molecule has 2 N–H and O–H groups in total. The molecule has 0 aliphatic carbocycles. The second-order valence-corrected chi connectivity index (χ2v) is 10.6. The summed E-state index contributed by atoms with van der Waals surface area (Å²) in [7, 11) is 0. The van der Waals surface area contributed by atoms with Crippen LogP contribution in [0.2, 0.25) is 0 Å². The van der Waals surface area contributed by atoms with Crippen molar-refractivity contribution in [1.82, 2.24) is 20.6 Å². The van der Waals surface area contributed by atoms with Crippen molar-refractivity contribution in [1.29, 1.82) is 0 Å². The second-order valence-electron chi connectivity index (χ2n) is 8.43. The highest BCUT2D eigenvalue weighted by molar-refractivity contribution is 8.17. The van der Waals surface area contributed by atoms with Crippen LogP contribution >= 0.6 is 23.1 Å². The van der Waals surface area contributed by atoms with Gasteiger partial charge in [-0.25, -0.2) is 9.97 Å². The van der Waals surface area contributed by atoms with Crippen LogP contribution in [-0.4, -0.2) is 41.3 Å². The summed E-state index contributed by atoms with van der Waals surface area (Å²) in [6.07, 6.45) is 6.13. The number of hydrogen-bond acceptors (Lipinski definition) is 8. The van der Waals surface area contributed by atoms with E-state index in [-0.39, 0.29) is 0 Å². The van der Waals surface area contributed by atoms with Crippen molar-refractivity contribution >= 4 is 46.8 Å². The van der Waals surface area contributed by atoms with Crippen molar-refractivity contribution in [3.63, 3.8) is 0 Å². The van der Waals surface area contributed by atoms with Gasteiger partial charge in [-0.15, -0.1) is 11.3 Å². The van der Waals surface area contributed by atoms with E-state index in [1.54, 1.807) is 17.5 Å². The largest absolute Gasteiger partial charge is 0.341 e. The molecule has 0 bridgehead atoms. The fraction of sp³-hybridized carbons (Fsp3) is 0.308. The zero-order chi connectivity index (χ0) is 24.5. The highest BCUT2D eigenvalue weighted by atomic mass is 32.2. The molecule has 1 saturated heterocycles. The van der Waals surface area contributed by atoms with Gasteiger partial charge in [-0.1, -0.05) is 24.3 Å². The number of rotatable bonds is 9. The molecule has 3 aromatic rings. The third-order valence-electron chi connectivity index (χ3n) is 5.84. The van der Waals surface area contributed by atoms with Crippen molar-refractivity contribution < 1.29 is 9.59 Å². The van der Waals surface area contributed by atoms with Gasteiger partial charge in [-0.05, 0) is 89.7 Å². The quantitative estimate of drug-likeness (QED) is 0.386. The van der Waals surface area contributed by atoms with Gasteiger partial charge in [0.1, 0.15) is 0 Å². The summed E-state index contributed by atoms with van der Waals surface area (Å²) in [5.74, 6) is 1.34. The Balaban J connectivity index is 1.24. The summed E-state index contributed by atoms with van der Waals surface area (Å²) in [6.45, 7) is 5.53. The summed E-state index contributed by atoms with van der Waals surface area (Å²) in [6, 6.07) is 14.8. The third-order valence-corrected chi connectivity index (χ3v) is 7.50. The number of imide groups is 1. The Morgan fingerprint density at radius 1 is 1.23 bits per heavy atom. The van der Waals surface area contributed by atoms with E-state index < -0.39 is 5.24 Å². The van der Waals surface area contributed by atoms with E-state index in [0.717, 1.165) is 61.4 Å². The highest BCUT2D eigenvalue weighted by Crippen LogP contribution is 2.26. The number of piperidine rings is 1. The van der Waals surface area contributed by atoms with E-state index >= 15 is 0 Å². The molecule has 2 amide bonds. The molecule has 2 aromatic heterocycles. The first kappa shape index (κ1) is 25.1. The van der Waals surface area contributed by atoms with Gasteiger partial charge in [0.05, 0.1) is 5.69 Å². The zero-order valence-electron chi connectivity index (χ0n) is 19.6. The number of benzene rings is 1. The number of nitrogens with one attached hydrogen (secondary N) is 2. The van der Waals surface area contributed by atoms with Crippen molar-refractivity contribution in [2.24, 2.45) is 5.92 Å². The molecule has 182 valence electrons. The van der Waals surface area contributed by atoms with Gasteiger partial charge < -0.3 is 10.2 Å². The Kier molecular flexibility index (Phi) is 9.05. The van der Waals surface area contributed by atoms with E-state index in [9.17, 15) is 9.59 Å². The summed E-state index contributed by atoms with van der Waals surface area (Å²) < 4.78 is 0. The Hall–Kier alpha value is -3.01. The normalized spacial score (nSPS) is 14.7. The Bertz CT molecular complexity index is 1160. The number of thioether (sulfide) groups is 1. The zero-order valence-corrected chi connectivity index (χ0v) is 21.3. The van der Waals surface area contributed by atoms with E-state index in [2.05, 4.69) is 67.3 Å². The number of thiophene rings is 1. The molecule has 0 atom stereocenters. The van der Waals surface area contributed by atoms with E-state index in [4.69, 9.17) is 0 Å². The minimum absolute atomic E-state index is 0.383. The summed E-state index contributed by atoms with van der Waals surface area (Å²) in [5, 5.41) is 7.47. The number of allylic oxidation sites excluding steroid dienone is 1. The van der Waals surface area contributed by atoms with Crippen LogP contribution in [0, 0.1) is 5.92 Å². The number of amides is 2. The SMILES string of the molecule is C/C(=C/c1ccnc(N2CCC(CNCc3cccc(-c4cccs4)c3)CC2)n1)SC(=O)NC=O. The maximum Gasteiger partial charge on any atom is 0.289 e. The van der Waals surface area contributed by atoms with Gasteiger partial charge in [0.15, 0.2) is 0 Å². The van der Waals surface area contributed by atoms with Crippen LogP contribution in [-0.2, 0) is 11.3 Å². The van der Waals surface area contributed by atoms with Crippen LogP contribution in [0.1, 0.15) is 31.0 Å². The molecule has 1 fully saturated rings. The van der Waals surface area contributed by atoms with Gasteiger partial charge in [0.25, 0.3) is 5.24 Å². The van der Waals surface area contributed by atoms with Gasteiger partial charge in [0.2, 0.25) is 12.4 Å². The maximum absolute atomic E-state index is 11.5. The molecule has 0 unspecified atom stereocenters. The lowest BCUT2D eigenvalue weighted by Crippen LogP contribution is -2.38. The van der Waals surface area contributed by atoms with Gasteiger partial charge in [0, 0.05) is 30.7 Å². The van der Waals surface area contributed by atoms with Crippen LogP contribution in [0.3, 0.4) is 0 Å². The average Bonchev–Trinajstić information content (AvgIpc) is 3.40. The highest BCUT2D eigenvalue weighted by Gasteiger charge is 2.21. The van der Waals surface area contributed by atoms with E-state index in [0.29, 0.717) is 18.3 Å². The minimum atomic E-state index is -0.408. The number of carbonyl (C=O) groups is 2. The number of hydrogen-bond donors (Lipinski definition) is 2. The van der Waals surface area contributed by atoms with Crippen molar-refractivity contribution in [2.45, 2.75) is 26.3 Å². The fourth-order valence-corrected chi connectivity index (χ4v) is 5.39. The van der Waals surface area contributed by atoms with E-state index in [1.807, 2.05) is 19.1 Å². The van der Waals surface area contributed by atoms with Gasteiger partial charge in [-0.3, -0.25) is 14.9 Å². The molecule has 0 spiro atoms. The van der Waals surface area contributed by atoms with Gasteiger partial charge >= 0.3 is 0 Å². The van der Waals surface area contributed by atoms with Gasteiger partial charge in [-0.2, -0.15) is 0 Å². The molecule has 0 saturated carbocycles. The first-order valence-corrected chi connectivity index (χ1v) is 13.3. The van der Waals surface area contributed by atoms with Crippen molar-refractivity contribution in [2.75, 3.05) is 24.5 Å². The minimum Gasteiger partial charge on any atom is -0.341 e. The van der Waals surface area contributed by atoms with Crippen LogP contribution < -0.4 is 15.5 Å². The summed E-state index contributed by atoms with van der Waals surface area (Å²) in [4.78, 5) is 35.3. The molecule has 35 heavy (non-hydrogen) atoms. The lowest BCUT2D eigenvalue weighted by Gasteiger charge is -2.32. The molecule has 1 aliphatic heterocycles. The maximum atomic E-state index is 11.5. The molecular formula is C26H29N5O2S2. The molecule has 4 rings (SSSR count). The molecular weight excluding hydrogens is 478 g/mol. The Morgan fingerprint density at radius 3 is 2.86 bits per heavy atom. The van der Waals surface area contributed by atoms with Crippen LogP contribution in [0.4, 0.5) is 10.7 Å². The topological polar surface area (TPSA) is 87.2 Å². The number of anilines is 1. The van der Waals surface area contributed by atoms with Crippen molar-refractivity contribution in [3.8, 4) is 10.4 Å². The van der Waals surface area contributed by atoms with Crippen LogP contribution in [0.25, 0.3) is 16.5 Å². The number of nitrogens with zero attached hydrogens (tertiary/aromatic N) is 3. The molecule has 0 radical (unpaired) electrons. The number of aromatic nitrogens is 2. The second kappa shape index (κ2) is 12.6. The first-order chi connectivity index (χ1) is 17.1. The fourth-order valence-electron chi connectivity index (χ4n) is 4.09. The molecule has 1 aromatic carbocycles. The smallest absolute Gasteiger partial charge is 0.289 e. The summed E-state index contributed by atoms with van der Waals surface area (Å²) in [5.41, 5.74) is 3.33. The summed E-state index contributed by atoms with van der Waals surface area (Å²) >= 11 is 2.74. The predicted molar refractivity (Wildman–Crippen MR) is 144 cm³/mol. The third kappa shape index (κ3) is 7.48. The van der Waals surface area contributed by atoms with Crippen LogP contribution in [0.15, 0.2) is 58.9 Å². The Morgan fingerprint density at radius 2 is 2.09 bits per heavy atom. The standard InChI is InChI=1S/C26H29N5O2S2/c1-19(35-26(33)29-18-32)14-23-7-10-28-25(30-23)31-11-8-20(9-12-31)16-27-17-21-4-2-5-22(15-21)24-6-3-13-34-24/h2-7,10,13-15,18,20,27H,8-9,11-12,16-17H2,1H3,(H,29,32,33)/b19-14-. The average molecular weight is 508 g/mol. The first-order valence-electron chi connectivity index (χ1n) is 11.6. The van der Waals surface area contributed by atoms with Crippen molar-refractivity contribution in [3.05, 3.63) is 70.2 Å². The lowest BCUT2D eigenvalue weighted by molar-refractivity contribution is -0.108.